The fourth-order valence-corrected chi connectivity index (χ4v) is 7.16. The summed E-state index contributed by atoms with van der Waals surface area (Å²) in [7, 11) is 0. The molecule has 2 amide bonds. The molecule has 15 nitrogen and oxygen atoms in total. The van der Waals surface area contributed by atoms with E-state index >= 15 is 0 Å². The molecule has 236 valence electrons. The second-order valence-electron chi connectivity index (χ2n) is 10.2. The lowest BCUT2D eigenvalue weighted by molar-refractivity contribution is -0.150. The van der Waals surface area contributed by atoms with Gasteiger partial charge in [0, 0.05) is 22.1 Å². The molecule has 3 atom stereocenters. The maximum absolute atomic E-state index is 13.5. The first-order chi connectivity index (χ1) is 21.4. The molecule has 18 heteroatoms. The summed E-state index contributed by atoms with van der Waals surface area (Å²) in [5.74, 6) is -3.53. The number of aromatic hydroxyl groups is 1. The predicted molar refractivity (Wildman–Crippen MR) is 167 cm³/mol. The maximum atomic E-state index is 13.5. The van der Waals surface area contributed by atoms with Crippen molar-refractivity contribution >= 4 is 69.1 Å². The van der Waals surface area contributed by atoms with Crippen molar-refractivity contribution in [3.8, 4) is 5.75 Å². The number of amides is 2. The lowest BCUT2D eigenvalue weighted by Gasteiger charge is -2.49. The summed E-state index contributed by atoms with van der Waals surface area (Å²) in [6.45, 7) is 5.27. The van der Waals surface area contributed by atoms with Gasteiger partial charge in [-0.3, -0.25) is 19.3 Å². The van der Waals surface area contributed by atoms with E-state index in [-0.39, 0.29) is 39.6 Å². The minimum Gasteiger partial charge on any atom is -0.503 e. The molecule has 1 unspecified atom stereocenters. The van der Waals surface area contributed by atoms with Gasteiger partial charge in [0.15, 0.2) is 22.7 Å². The highest BCUT2D eigenvalue weighted by molar-refractivity contribution is 8.00. The fraction of sp³-hybridized carbons (Fsp3) is 0.296. The molecule has 0 aromatic carbocycles. The zero-order valence-corrected chi connectivity index (χ0v) is 26.4. The highest BCUT2D eigenvalue weighted by Crippen LogP contribution is 2.41. The number of β-lactam (4-membered cyclic amide) rings is 1. The van der Waals surface area contributed by atoms with E-state index in [9.17, 15) is 34.6 Å². The number of anilines is 1. The van der Waals surface area contributed by atoms with E-state index in [4.69, 9.17) is 10.6 Å². The highest BCUT2D eigenvalue weighted by Gasteiger charge is 2.54. The number of nitrogen functional groups attached to an aromatic ring is 1. The molecule has 5 heterocycles. The van der Waals surface area contributed by atoms with Crippen LogP contribution in [0.15, 0.2) is 50.5 Å². The first-order valence-corrected chi connectivity index (χ1v) is 16.1. The Balaban J connectivity index is 1.39. The third-order valence-corrected chi connectivity index (χ3v) is 9.75. The number of aryl methyl sites for hydroxylation is 1. The van der Waals surface area contributed by atoms with Crippen molar-refractivity contribution in [3.63, 3.8) is 0 Å². The van der Waals surface area contributed by atoms with Crippen molar-refractivity contribution in [2.45, 2.75) is 38.3 Å². The quantitative estimate of drug-likeness (QED) is 0.0904. The number of allylic oxidation sites excluding steroid dienone is 1. The van der Waals surface area contributed by atoms with Gasteiger partial charge in [-0.25, -0.2) is 14.8 Å². The number of rotatable bonds is 10. The zero-order chi connectivity index (χ0) is 32.6. The summed E-state index contributed by atoms with van der Waals surface area (Å²) in [6, 6.07) is -0.0963. The third kappa shape index (κ3) is 6.29. The summed E-state index contributed by atoms with van der Waals surface area (Å²) in [6.07, 6.45) is 3.18. The molecule has 3 aromatic rings. The van der Waals surface area contributed by atoms with Crippen LogP contribution in [0.3, 0.4) is 0 Å². The minimum atomic E-state index is -1.27. The summed E-state index contributed by atoms with van der Waals surface area (Å²) in [4.78, 5) is 67.1. The molecule has 2 aliphatic rings. The van der Waals surface area contributed by atoms with Crippen LogP contribution in [0.25, 0.3) is 6.08 Å². The van der Waals surface area contributed by atoms with Crippen LogP contribution in [0.4, 0.5) is 5.13 Å². The molecule has 0 radical (unpaired) electrons. The predicted octanol–water partition coefficient (Wildman–Crippen LogP) is 2.16. The molecule has 3 aromatic heterocycles. The van der Waals surface area contributed by atoms with E-state index < -0.39 is 46.5 Å². The average Bonchev–Trinajstić information content (AvgIpc) is 3.61. The van der Waals surface area contributed by atoms with Gasteiger partial charge in [-0.2, -0.15) is 4.73 Å². The highest BCUT2D eigenvalue weighted by atomic mass is 32.2. The maximum Gasteiger partial charge on any atom is 0.352 e. The van der Waals surface area contributed by atoms with Gasteiger partial charge in [0.25, 0.3) is 11.8 Å². The molecule has 0 aliphatic carbocycles. The van der Waals surface area contributed by atoms with Gasteiger partial charge < -0.3 is 31.3 Å². The second-order valence-corrected chi connectivity index (χ2v) is 13.1. The third-order valence-electron chi connectivity index (χ3n) is 6.88. The number of thioether (sulfide) groups is 1. The van der Waals surface area contributed by atoms with Gasteiger partial charge in [0.2, 0.25) is 5.43 Å². The lowest BCUT2D eigenvalue weighted by atomic mass is 10.0. The summed E-state index contributed by atoms with van der Waals surface area (Å²) >= 11 is 3.74. The van der Waals surface area contributed by atoms with Crippen molar-refractivity contribution in [2.24, 2.45) is 11.1 Å². The van der Waals surface area contributed by atoms with Gasteiger partial charge in [0.1, 0.15) is 28.5 Å². The Morgan fingerprint density at radius 2 is 2.02 bits per heavy atom. The van der Waals surface area contributed by atoms with Crippen LogP contribution in [0.5, 0.6) is 5.75 Å². The Hall–Kier alpha value is -4.68. The second kappa shape index (κ2) is 12.7. The molecule has 6 N–H and O–H groups in total. The van der Waals surface area contributed by atoms with Crippen molar-refractivity contribution in [1.82, 2.24) is 24.9 Å². The number of pyridine rings is 1. The molecule has 2 aliphatic heterocycles. The Morgan fingerprint density at radius 3 is 2.64 bits per heavy atom. The smallest absolute Gasteiger partial charge is 0.352 e. The number of nitrogens with zero attached hydrogens (tertiary/aromatic N) is 5. The van der Waals surface area contributed by atoms with Gasteiger partial charge >= 0.3 is 5.97 Å². The number of carboxylic acids is 1. The average molecular weight is 674 g/mol. The van der Waals surface area contributed by atoms with Crippen LogP contribution in [-0.4, -0.2) is 75.7 Å². The van der Waals surface area contributed by atoms with Crippen molar-refractivity contribution in [3.05, 3.63) is 72.7 Å². The minimum absolute atomic E-state index is 0.0409. The van der Waals surface area contributed by atoms with Crippen molar-refractivity contribution in [2.75, 3.05) is 11.5 Å². The molecule has 5 rings (SSSR count). The van der Waals surface area contributed by atoms with E-state index in [2.05, 4.69) is 20.4 Å². The normalized spacial score (nSPS) is 19.1. The van der Waals surface area contributed by atoms with E-state index in [1.165, 1.54) is 28.5 Å². The summed E-state index contributed by atoms with van der Waals surface area (Å²) < 4.78 is 0.523. The standard InChI is InChI=1S/C27H27N7O8S3/c1-11(2)22(15-6-16(35)17(36)7-33(15)41)42-32-19(14-9-44-27(28)30-14)23(37)31-20-24(38)34-21(26(39)40)13(8-43-25(20)34)4-5-18-12(3)29-10-45-18/h4-7,9-11,20,22,25,36,41H,8H2,1-3H3,(H2,28,30)(H,31,37)(H,39,40)/b5-4-,32-19-/t20-,22?,25-/m1/s1. The molecule has 0 saturated carbocycles. The number of aliphatic carboxylic acids is 1. The molecule has 0 bridgehead atoms. The number of hydrogen-bond acceptors (Lipinski definition) is 14. The summed E-state index contributed by atoms with van der Waals surface area (Å²) in [5, 5.41) is 37.4. The van der Waals surface area contributed by atoms with E-state index in [0.717, 1.165) is 39.1 Å². The molecule has 0 spiro atoms. The van der Waals surface area contributed by atoms with Crippen LogP contribution in [0.2, 0.25) is 0 Å². The van der Waals surface area contributed by atoms with E-state index in [0.29, 0.717) is 10.3 Å². The van der Waals surface area contributed by atoms with Crippen molar-refractivity contribution in [1.29, 1.82) is 0 Å². The topological polar surface area (TPSA) is 223 Å². The van der Waals surface area contributed by atoms with Crippen LogP contribution >= 0.6 is 34.4 Å². The number of fused-ring (bicyclic) bond motifs is 1. The number of carboxylic acid groups (broad SMARTS) is 1. The number of carbonyl (C=O) groups excluding carboxylic acids is 2. The van der Waals surface area contributed by atoms with Crippen LogP contribution in [-0.2, 0) is 19.2 Å². The Kier molecular flexibility index (Phi) is 8.98. The molecule has 45 heavy (non-hydrogen) atoms. The number of oxime groups is 1. The SMILES string of the molecule is Cc1ncsc1/C=C\C1=C(C(=O)O)N2C(=O)[C@@H](NC(=O)/C(=N\OC(c3cc(=O)c(O)cn3O)C(C)C)c3csc(N)n3)[C@H]2SC1. The van der Waals surface area contributed by atoms with Gasteiger partial charge in [-0.15, -0.1) is 34.4 Å². The first-order valence-electron chi connectivity index (χ1n) is 13.3. The lowest BCUT2D eigenvalue weighted by Crippen LogP contribution is -2.71. The number of carbonyl (C=O) groups is 3. The van der Waals surface area contributed by atoms with Gasteiger partial charge in [-0.05, 0) is 24.5 Å². The zero-order valence-electron chi connectivity index (χ0n) is 23.9. The Morgan fingerprint density at radius 1 is 1.27 bits per heavy atom. The first kappa shape index (κ1) is 31.7. The molecule has 1 saturated heterocycles. The number of thiazole rings is 2. The van der Waals surface area contributed by atoms with E-state index in [1.807, 2.05) is 6.92 Å². The van der Waals surface area contributed by atoms with Crippen LogP contribution in [0.1, 0.15) is 41.9 Å². The summed E-state index contributed by atoms with van der Waals surface area (Å²) in [5.41, 5.74) is 7.44. The number of nitrogens with two attached hydrogens (primary N) is 1. The number of aromatic nitrogens is 3. The van der Waals surface area contributed by atoms with Gasteiger partial charge in [0.05, 0.1) is 17.4 Å². The number of hydrogen-bond donors (Lipinski definition) is 5. The molecular weight excluding hydrogens is 647 g/mol. The fourth-order valence-electron chi connectivity index (χ4n) is 4.60. The van der Waals surface area contributed by atoms with Crippen LogP contribution in [0, 0.1) is 12.8 Å². The van der Waals surface area contributed by atoms with Gasteiger partial charge in [-0.1, -0.05) is 25.1 Å². The monoisotopic (exact) mass is 673 g/mol. The Bertz CT molecular complexity index is 1830. The Labute approximate surface area is 267 Å². The van der Waals surface area contributed by atoms with E-state index in [1.54, 1.807) is 31.5 Å². The van der Waals surface area contributed by atoms with Crippen LogP contribution < -0.4 is 16.5 Å². The molecular formula is C27H27N7O8S3. The number of nitrogens with one attached hydrogen (secondary N) is 1. The molecule has 1 fully saturated rings. The van der Waals surface area contributed by atoms with Crippen molar-refractivity contribution < 1.29 is 34.6 Å². The largest absolute Gasteiger partial charge is 0.503 e.